The van der Waals surface area contributed by atoms with Crippen molar-refractivity contribution < 1.29 is 9.21 Å². The van der Waals surface area contributed by atoms with Gasteiger partial charge in [0.25, 0.3) is 5.91 Å². The van der Waals surface area contributed by atoms with Crippen molar-refractivity contribution in [2.24, 2.45) is 0 Å². The average Bonchev–Trinajstić information content (AvgIpc) is 2.86. The van der Waals surface area contributed by atoms with E-state index in [1.165, 1.54) is 0 Å². The van der Waals surface area contributed by atoms with Gasteiger partial charge < -0.3 is 9.73 Å². The molecule has 1 aromatic heterocycles. The highest BCUT2D eigenvalue weighted by molar-refractivity contribution is 9.10. The summed E-state index contributed by atoms with van der Waals surface area (Å²) in [5.41, 5.74) is 1.67. The lowest BCUT2D eigenvalue weighted by molar-refractivity contribution is 0.0934. The fourth-order valence-electron chi connectivity index (χ4n) is 1.71. The molecule has 0 aliphatic rings. The third-order valence-corrected chi connectivity index (χ3v) is 3.81. The number of amides is 1. The molecular weight excluding hydrogens is 294 g/mol. The maximum absolute atomic E-state index is 12.1. The lowest BCUT2D eigenvalue weighted by Crippen LogP contribution is -2.26. The number of aryl methyl sites for hydroxylation is 1. The Morgan fingerprint density at radius 3 is 2.78 bits per heavy atom. The van der Waals surface area contributed by atoms with Crippen molar-refractivity contribution in [1.82, 2.24) is 5.32 Å². The molecule has 94 valence electrons. The largest absolute Gasteiger partial charge is 0.467 e. The molecule has 0 radical (unpaired) electrons. The van der Waals surface area contributed by atoms with Gasteiger partial charge in [0, 0.05) is 4.47 Å². The third kappa shape index (κ3) is 2.64. The predicted octanol–water partition coefficient (Wildman–Crippen LogP) is 3.84. The minimum Gasteiger partial charge on any atom is -0.467 e. The molecule has 1 unspecified atom stereocenters. The van der Waals surface area contributed by atoms with E-state index < -0.39 is 0 Å². The number of hydrogen-bond acceptors (Lipinski definition) is 2. The van der Waals surface area contributed by atoms with Crippen LogP contribution in [0.2, 0.25) is 0 Å². The summed E-state index contributed by atoms with van der Waals surface area (Å²) in [6, 6.07) is 9.11. The molecule has 3 nitrogen and oxygen atoms in total. The summed E-state index contributed by atoms with van der Waals surface area (Å²) in [6.45, 7) is 3.84. The molecule has 0 fully saturated rings. The Labute approximate surface area is 114 Å². The molecule has 1 atom stereocenters. The molecule has 2 rings (SSSR count). The zero-order valence-electron chi connectivity index (χ0n) is 10.2. The third-order valence-electron chi connectivity index (χ3n) is 2.75. The first kappa shape index (κ1) is 12.9. The number of hydrogen-bond donors (Lipinski definition) is 1. The van der Waals surface area contributed by atoms with Gasteiger partial charge in [0.1, 0.15) is 5.76 Å². The van der Waals surface area contributed by atoms with Crippen molar-refractivity contribution in [2.45, 2.75) is 19.9 Å². The highest BCUT2D eigenvalue weighted by Crippen LogP contribution is 2.22. The van der Waals surface area contributed by atoms with Crippen molar-refractivity contribution in [3.05, 3.63) is 58.0 Å². The van der Waals surface area contributed by atoms with E-state index in [2.05, 4.69) is 21.2 Å². The highest BCUT2D eigenvalue weighted by Gasteiger charge is 2.15. The Morgan fingerprint density at radius 2 is 2.11 bits per heavy atom. The zero-order valence-corrected chi connectivity index (χ0v) is 11.8. The smallest absolute Gasteiger partial charge is 0.253 e. The Hall–Kier alpha value is -1.55. The van der Waals surface area contributed by atoms with E-state index in [0.29, 0.717) is 5.56 Å². The van der Waals surface area contributed by atoms with E-state index in [-0.39, 0.29) is 11.9 Å². The van der Waals surface area contributed by atoms with Crippen LogP contribution in [-0.4, -0.2) is 5.91 Å². The fourth-order valence-corrected chi connectivity index (χ4v) is 2.15. The Bertz CT molecular complexity index is 549. The maximum Gasteiger partial charge on any atom is 0.253 e. The van der Waals surface area contributed by atoms with Crippen LogP contribution < -0.4 is 5.32 Å². The molecular formula is C14H14BrNO2. The second-order valence-electron chi connectivity index (χ2n) is 4.15. The first-order valence-electron chi connectivity index (χ1n) is 5.69. The van der Waals surface area contributed by atoms with Gasteiger partial charge in [-0.25, -0.2) is 0 Å². The number of furan rings is 1. The molecule has 2 aromatic rings. The number of nitrogens with one attached hydrogen (secondary N) is 1. The Balaban J connectivity index is 2.15. The summed E-state index contributed by atoms with van der Waals surface area (Å²) in [7, 11) is 0. The van der Waals surface area contributed by atoms with Crippen LogP contribution in [0.1, 0.15) is 34.6 Å². The topological polar surface area (TPSA) is 42.2 Å². The molecule has 0 spiro atoms. The van der Waals surface area contributed by atoms with Crippen LogP contribution in [0.4, 0.5) is 0 Å². The van der Waals surface area contributed by atoms with Crippen LogP contribution in [0.5, 0.6) is 0 Å². The first-order valence-corrected chi connectivity index (χ1v) is 6.48. The lowest BCUT2D eigenvalue weighted by atomic mass is 10.1. The number of carbonyl (C=O) groups is 1. The standard InChI is InChI=1S/C14H14BrNO2/c1-9-5-3-6-11(13(9)15)14(17)16-10(2)12-7-4-8-18-12/h3-8,10H,1-2H3,(H,16,17). The second-order valence-corrected chi connectivity index (χ2v) is 4.94. The highest BCUT2D eigenvalue weighted by atomic mass is 79.9. The van der Waals surface area contributed by atoms with Crippen LogP contribution in [0.25, 0.3) is 0 Å². The van der Waals surface area contributed by atoms with Crippen LogP contribution >= 0.6 is 15.9 Å². The number of benzene rings is 1. The lowest BCUT2D eigenvalue weighted by Gasteiger charge is -2.13. The van der Waals surface area contributed by atoms with E-state index >= 15 is 0 Å². The quantitative estimate of drug-likeness (QED) is 0.936. The van der Waals surface area contributed by atoms with Gasteiger partial charge in [-0.3, -0.25) is 4.79 Å². The van der Waals surface area contributed by atoms with Gasteiger partial charge in [0.05, 0.1) is 17.9 Å². The second kappa shape index (κ2) is 5.40. The molecule has 4 heteroatoms. The van der Waals surface area contributed by atoms with Crippen molar-refractivity contribution in [2.75, 3.05) is 0 Å². The Kier molecular flexibility index (Phi) is 3.87. The van der Waals surface area contributed by atoms with E-state index in [9.17, 15) is 4.79 Å². The van der Waals surface area contributed by atoms with Crippen LogP contribution in [0, 0.1) is 6.92 Å². The molecule has 1 amide bonds. The number of carbonyl (C=O) groups excluding carboxylic acids is 1. The van der Waals surface area contributed by atoms with Crippen LogP contribution in [0.15, 0.2) is 45.5 Å². The van der Waals surface area contributed by atoms with Gasteiger partial charge in [-0.2, -0.15) is 0 Å². The van der Waals surface area contributed by atoms with Crippen molar-refractivity contribution in [1.29, 1.82) is 0 Å². The van der Waals surface area contributed by atoms with E-state index in [0.717, 1.165) is 15.8 Å². The van der Waals surface area contributed by atoms with E-state index in [4.69, 9.17) is 4.42 Å². The summed E-state index contributed by atoms with van der Waals surface area (Å²) >= 11 is 3.44. The van der Waals surface area contributed by atoms with Crippen molar-refractivity contribution >= 4 is 21.8 Å². The molecule has 0 aliphatic carbocycles. The maximum atomic E-state index is 12.1. The minimum absolute atomic E-state index is 0.116. The van der Waals surface area contributed by atoms with Gasteiger partial charge in [-0.05, 0) is 53.5 Å². The monoisotopic (exact) mass is 307 g/mol. The van der Waals surface area contributed by atoms with Gasteiger partial charge in [0.2, 0.25) is 0 Å². The molecule has 18 heavy (non-hydrogen) atoms. The van der Waals surface area contributed by atoms with Crippen molar-refractivity contribution in [3.63, 3.8) is 0 Å². The molecule has 1 N–H and O–H groups in total. The summed E-state index contributed by atoms with van der Waals surface area (Å²) in [5, 5.41) is 2.90. The van der Waals surface area contributed by atoms with E-state index in [1.54, 1.807) is 18.4 Å². The minimum atomic E-state index is -0.153. The zero-order chi connectivity index (χ0) is 13.1. The van der Waals surface area contributed by atoms with Crippen molar-refractivity contribution in [3.8, 4) is 0 Å². The summed E-state index contributed by atoms with van der Waals surface area (Å²) < 4.78 is 6.09. The van der Waals surface area contributed by atoms with E-state index in [1.807, 2.05) is 32.0 Å². The van der Waals surface area contributed by atoms with Gasteiger partial charge in [-0.1, -0.05) is 12.1 Å². The molecule has 0 saturated heterocycles. The predicted molar refractivity (Wildman–Crippen MR) is 73.5 cm³/mol. The van der Waals surface area contributed by atoms with Crippen LogP contribution in [-0.2, 0) is 0 Å². The summed E-state index contributed by atoms with van der Waals surface area (Å²) in [5.74, 6) is 0.626. The molecule has 0 aliphatic heterocycles. The number of rotatable bonds is 3. The fraction of sp³-hybridized carbons (Fsp3) is 0.214. The van der Waals surface area contributed by atoms with Crippen LogP contribution in [0.3, 0.4) is 0 Å². The average molecular weight is 308 g/mol. The molecule has 1 heterocycles. The first-order chi connectivity index (χ1) is 8.59. The summed E-state index contributed by atoms with van der Waals surface area (Å²) in [4.78, 5) is 12.1. The van der Waals surface area contributed by atoms with Gasteiger partial charge in [0.15, 0.2) is 0 Å². The number of halogens is 1. The van der Waals surface area contributed by atoms with Gasteiger partial charge in [-0.15, -0.1) is 0 Å². The van der Waals surface area contributed by atoms with Gasteiger partial charge >= 0.3 is 0 Å². The molecule has 0 bridgehead atoms. The normalized spacial score (nSPS) is 12.2. The SMILES string of the molecule is Cc1cccc(C(=O)NC(C)c2ccco2)c1Br. The Morgan fingerprint density at radius 1 is 1.33 bits per heavy atom. The molecule has 0 saturated carbocycles. The summed E-state index contributed by atoms with van der Waals surface area (Å²) in [6.07, 6.45) is 1.60. The molecule has 1 aromatic carbocycles.